The lowest BCUT2D eigenvalue weighted by molar-refractivity contribution is 0.265. The highest BCUT2D eigenvalue weighted by atomic mass is 35.5. The van der Waals surface area contributed by atoms with Crippen molar-refractivity contribution in [1.29, 1.82) is 5.26 Å². The summed E-state index contributed by atoms with van der Waals surface area (Å²) in [5, 5.41) is 19.5. The van der Waals surface area contributed by atoms with Crippen LogP contribution in [0.2, 0.25) is 10.0 Å². The summed E-state index contributed by atoms with van der Waals surface area (Å²) < 4.78 is 0. The van der Waals surface area contributed by atoms with Gasteiger partial charge in [-0.2, -0.15) is 5.26 Å². The molecule has 0 spiro atoms. The van der Waals surface area contributed by atoms with E-state index >= 15 is 0 Å². The number of nitriles is 1. The van der Waals surface area contributed by atoms with Gasteiger partial charge in [0.15, 0.2) is 0 Å². The number of hydrogen-bond donors (Lipinski definition) is 1. The minimum Gasteiger partial charge on any atom is -0.396 e. The summed E-state index contributed by atoms with van der Waals surface area (Å²) in [4.78, 5) is 0. The monoisotopic (exact) mass is 255 g/mol. The lowest BCUT2D eigenvalue weighted by Crippen LogP contribution is -2.10. The number of rotatable bonds is 2. The lowest BCUT2D eigenvalue weighted by Gasteiger charge is -2.10. The first-order chi connectivity index (χ1) is 7.57. The average Bonchev–Trinajstić information content (AvgIpc) is 2.88. The van der Waals surface area contributed by atoms with Crippen LogP contribution in [0.25, 0.3) is 0 Å². The largest absolute Gasteiger partial charge is 0.396 e. The van der Waals surface area contributed by atoms with E-state index in [0.717, 1.165) is 5.56 Å². The number of halogens is 2. The minimum atomic E-state index is -0.594. The molecule has 1 N–H and O–H groups in total. The van der Waals surface area contributed by atoms with Crippen molar-refractivity contribution in [1.82, 2.24) is 0 Å². The molecule has 1 aromatic rings. The quantitative estimate of drug-likeness (QED) is 0.883. The van der Waals surface area contributed by atoms with E-state index < -0.39 is 5.41 Å². The van der Waals surface area contributed by atoms with E-state index in [1.807, 2.05) is 13.0 Å². The van der Waals surface area contributed by atoms with Gasteiger partial charge in [0.2, 0.25) is 0 Å². The van der Waals surface area contributed by atoms with Crippen LogP contribution in [0.3, 0.4) is 0 Å². The SMILES string of the molecule is CC1C(CO)[C@@]1(C#N)c1ccc(Cl)c(Cl)c1. The molecule has 0 aromatic heterocycles. The third-order valence-electron chi connectivity index (χ3n) is 3.58. The zero-order chi connectivity index (χ0) is 11.9. The molecular formula is C12H11Cl2NO. The van der Waals surface area contributed by atoms with Gasteiger partial charge in [-0.3, -0.25) is 0 Å². The van der Waals surface area contributed by atoms with Crippen LogP contribution in [-0.4, -0.2) is 11.7 Å². The van der Waals surface area contributed by atoms with Crippen molar-refractivity contribution in [2.45, 2.75) is 12.3 Å². The second-order valence-corrected chi connectivity index (χ2v) is 5.00. The Hall–Kier alpha value is -0.750. The summed E-state index contributed by atoms with van der Waals surface area (Å²) >= 11 is 11.8. The van der Waals surface area contributed by atoms with Gasteiger partial charge in [-0.1, -0.05) is 36.2 Å². The molecule has 1 fully saturated rings. The van der Waals surface area contributed by atoms with Crippen LogP contribution < -0.4 is 0 Å². The number of aliphatic hydroxyl groups is 1. The van der Waals surface area contributed by atoms with Crippen LogP contribution in [-0.2, 0) is 5.41 Å². The molecule has 2 unspecified atom stereocenters. The minimum absolute atomic E-state index is 0.00487. The third kappa shape index (κ3) is 1.43. The Morgan fingerprint density at radius 3 is 2.56 bits per heavy atom. The molecule has 84 valence electrons. The zero-order valence-corrected chi connectivity index (χ0v) is 10.3. The molecule has 0 saturated heterocycles. The van der Waals surface area contributed by atoms with Gasteiger partial charge in [0.05, 0.1) is 21.5 Å². The van der Waals surface area contributed by atoms with Crippen LogP contribution in [0, 0.1) is 23.2 Å². The van der Waals surface area contributed by atoms with Gasteiger partial charge in [-0.15, -0.1) is 0 Å². The molecule has 3 atom stereocenters. The van der Waals surface area contributed by atoms with Crippen molar-refractivity contribution < 1.29 is 5.11 Å². The smallest absolute Gasteiger partial charge is 0.0905 e. The first kappa shape index (κ1) is 11.7. The van der Waals surface area contributed by atoms with E-state index in [0.29, 0.717) is 10.0 Å². The van der Waals surface area contributed by atoms with Crippen LogP contribution in [0.4, 0.5) is 0 Å². The van der Waals surface area contributed by atoms with Gasteiger partial charge in [-0.05, 0) is 23.6 Å². The Kier molecular flexibility index (Phi) is 2.88. The molecule has 0 aliphatic heterocycles. The first-order valence-electron chi connectivity index (χ1n) is 5.05. The summed E-state index contributed by atoms with van der Waals surface area (Å²) in [6, 6.07) is 7.53. The van der Waals surface area contributed by atoms with E-state index in [4.69, 9.17) is 23.2 Å². The maximum atomic E-state index is 9.30. The molecule has 1 aliphatic carbocycles. The Morgan fingerprint density at radius 2 is 2.12 bits per heavy atom. The molecule has 0 amide bonds. The van der Waals surface area contributed by atoms with Gasteiger partial charge < -0.3 is 5.11 Å². The van der Waals surface area contributed by atoms with Crippen molar-refractivity contribution in [3.63, 3.8) is 0 Å². The Morgan fingerprint density at radius 1 is 1.44 bits per heavy atom. The summed E-state index contributed by atoms with van der Waals surface area (Å²) in [5.41, 5.74) is 0.249. The second kappa shape index (κ2) is 3.92. The molecule has 0 bridgehead atoms. The molecule has 16 heavy (non-hydrogen) atoms. The van der Waals surface area contributed by atoms with Crippen molar-refractivity contribution in [3.8, 4) is 6.07 Å². The van der Waals surface area contributed by atoms with Crippen molar-refractivity contribution in [2.75, 3.05) is 6.61 Å². The fourth-order valence-electron chi connectivity index (χ4n) is 2.43. The van der Waals surface area contributed by atoms with Gasteiger partial charge in [0, 0.05) is 12.5 Å². The maximum absolute atomic E-state index is 9.30. The Balaban J connectivity index is 2.45. The number of hydrogen-bond acceptors (Lipinski definition) is 2. The van der Waals surface area contributed by atoms with Gasteiger partial charge in [0.1, 0.15) is 0 Å². The van der Waals surface area contributed by atoms with E-state index in [1.165, 1.54) is 0 Å². The molecular weight excluding hydrogens is 245 g/mol. The Labute approximate surface area is 104 Å². The summed E-state index contributed by atoms with van der Waals surface area (Å²) in [7, 11) is 0. The van der Waals surface area contributed by atoms with Crippen LogP contribution >= 0.6 is 23.2 Å². The van der Waals surface area contributed by atoms with Crippen LogP contribution in [0.15, 0.2) is 18.2 Å². The summed E-state index contributed by atoms with van der Waals surface area (Å²) in [6.07, 6.45) is 0. The standard InChI is InChI=1S/C12H11Cl2NO/c1-7-9(5-16)12(7,6-15)8-2-3-10(13)11(14)4-8/h2-4,7,9,16H,5H2,1H3/t7?,9?,12-/m1/s1. The van der Waals surface area contributed by atoms with Gasteiger partial charge in [0.25, 0.3) is 0 Å². The molecule has 1 saturated carbocycles. The van der Waals surface area contributed by atoms with Crippen molar-refractivity contribution >= 4 is 23.2 Å². The number of aliphatic hydroxyl groups excluding tert-OH is 1. The van der Waals surface area contributed by atoms with Gasteiger partial charge in [-0.25, -0.2) is 0 Å². The molecule has 0 heterocycles. The topological polar surface area (TPSA) is 44.0 Å². The summed E-state index contributed by atoms with van der Waals surface area (Å²) in [6.45, 7) is 1.99. The van der Waals surface area contributed by atoms with Crippen molar-refractivity contribution in [3.05, 3.63) is 33.8 Å². The zero-order valence-electron chi connectivity index (χ0n) is 8.74. The van der Waals surface area contributed by atoms with Gasteiger partial charge >= 0.3 is 0 Å². The molecule has 1 aromatic carbocycles. The summed E-state index contributed by atoms with van der Waals surface area (Å²) in [5.74, 6) is 0.148. The van der Waals surface area contributed by atoms with E-state index in [2.05, 4.69) is 6.07 Å². The predicted molar refractivity (Wildman–Crippen MR) is 63.5 cm³/mol. The number of benzene rings is 1. The van der Waals surface area contributed by atoms with Crippen molar-refractivity contribution in [2.24, 2.45) is 11.8 Å². The van der Waals surface area contributed by atoms with Crippen LogP contribution in [0.5, 0.6) is 0 Å². The van der Waals surface area contributed by atoms with E-state index in [9.17, 15) is 10.4 Å². The number of nitrogens with zero attached hydrogens (tertiary/aromatic N) is 1. The molecule has 1 aliphatic rings. The predicted octanol–water partition coefficient (Wildman–Crippen LogP) is 3.01. The normalized spacial score (nSPS) is 32.2. The highest BCUT2D eigenvalue weighted by Crippen LogP contribution is 2.59. The van der Waals surface area contributed by atoms with E-state index in [-0.39, 0.29) is 18.4 Å². The highest BCUT2D eigenvalue weighted by molar-refractivity contribution is 6.42. The molecule has 0 radical (unpaired) electrons. The lowest BCUT2D eigenvalue weighted by atomic mass is 9.93. The van der Waals surface area contributed by atoms with E-state index in [1.54, 1.807) is 12.1 Å². The fraction of sp³-hybridized carbons (Fsp3) is 0.417. The average molecular weight is 256 g/mol. The molecule has 2 rings (SSSR count). The maximum Gasteiger partial charge on any atom is 0.0905 e. The fourth-order valence-corrected chi connectivity index (χ4v) is 2.73. The first-order valence-corrected chi connectivity index (χ1v) is 5.81. The molecule has 4 heteroatoms. The van der Waals surface area contributed by atoms with Crippen LogP contribution in [0.1, 0.15) is 12.5 Å². The Bertz CT molecular complexity index is 469. The molecule has 2 nitrogen and oxygen atoms in total. The second-order valence-electron chi connectivity index (χ2n) is 4.19. The highest BCUT2D eigenvalue weighted by Gasteiger charge is 2.63. The third-order valence-corrected chi connectivity index (χ3v) is 4.32.